The van der Waals surface area contributed by atoms with E-state index in [4.69, 9.17) is 5.73 Å². The second kappa shape index (κ2) is 5.80. The minimum atomic E-state index is 0.463. The fourth-order valence-electron chi connectivity index (χ4n) is 1.40. The highest BCUT2D eigenvalue weighted by molar-refractivity contribution is 7.98. The molecule has 4 nitrogen and oxygen atoms in total. The maximum absolute atomic E-state index is 5.50. The third-order valence-corrected chi connectivity index (χ3v) is 3.12. The summed E-state index contributed by atoms with van der Waals surface area (Å²) in [4.78, 5) is 10.5. The summed E-state index contributed by atoms with van der Waals surface area (Å²) in [6.07, 6.45) is 6.53. The second-order valence-corrected chi connectivity index (χ2v) is 4.34. The van der Waals surface area contributed by atoms with Gasteiger partial charge in [0.15, 0.2) is 0 Å². The summed E-state index contributed by atoms with van der Waals surface area (Å²) in [5, 5.41) is 0. The van der Waals surface area contributed by atoms with Gasteiger partial charge in [0.2, 0.25) is 0 Å². The third-order valence-electron chi connectivity index (χ3n) is 2.40. The van der Waals surface area contributed by atoms with Gasteiger partial charge in [-0.2, -0.15) is 11.8 Å². The molecule has 5 heteroatoms. The molecule has 1 heterocycles. The lowest BCUT2D eigenvalue weighted by atomic mass is 10.2. The van der Waals surface area contributed by atoms with Gasteiger partial charge in [-0.3, -0.25) is 0 Å². The van der Waals surface area contributed by atoms with Crippen LogP contribution >= 0.6 is 11.8 Å². The van der Waals surface area contributed by atoms with Crippen molar-refractivity contribution >= 4 is 23.4 Å². The summed E-state index contributed by atoms with van der Waals surface area (Å²) in [6.45, 7) is 2.18. The van der Waals surface area contributed by atoms with Crippen molar-refractivity contribution < 1.29 is 0 Å². The average Bonchev–Trinajstić information content (AvgIpc) is 2.26. The van der Waals surface area contributed by atoms with Crippen LogP contribution in [-0.2, 0) is 0 Å². The lowest BCUT2D eigenvalue weighted by Gasteiger charge is -2.27. The van der Waals surface area contributed by atoms with Gasteiger partial charge in [-0.15, -0.1) is 0 Å². The molecule has 1 aromatic heterocycles. The van der Waals surface area contributed by atoms with Gasteiger partial charge in [-0.25, -0.2) is 9.97 Å². The largest absolute Gasteiger partial charge is 0.382 e. The van der Waals surface area contributed by atoms with Crippen molar-refractivity contribution in [3.63, 3.8) is 0 Å². The Bertz CT molecular complexity index is 288. The lowest BCUT2D eigenvalue weighted by molar-refractivity contribution is 0.665. The van der Waals surface area contributed by atoms with Crippen LogP contribution in [0.3, 0.4) is 0 Å². The molecule has 1 unspecified atom stereocenters. The van der Waals surface area contributed by atoms with E-state index >= 15 is 0 Å². The molecule has 1 atom stereocenters. The van der Waals surface area contributed by atoms with Gasteiger partial charge >= 0.3 is 0 Å². The molecule has 1 aromatic rings. The average molecular weight is 226 g/mol. The summed E-state index contributed by atoms with van der Waals surface area (Å²) >= 11 is 1.85. The second-order valence-electron chi connectivity index (χ2n) is 3.43. The molecule has 0 radical (unpaired) electrons. The Morgan fingerprint density at radius 2 is 2.20 bits per heavy atom. The Balaban J connectivity index is 2.73. The zero-order chi connectivity index (χ0) is 11.3. The summed E-state index contributed by atoms with van der Waals surface area (Å²) in [6, 6.07) is 0.498. The number of aromatic nitrogens is 2. The van der Waals surface area contributed by atoms with Crippen LogP contribution < -0.4 is 10.6 Å². The van der Waals surface area contributed by atoms with E-state index in [1.807, 2.05) is 18.8 Å². The molecule has 0 amide bonds. The predicted molar refractivity (Wildman–Crippen MR) is 67.3 cm³/mol. The van der Waals surface area contributed by atoms with Gasteiger partial charge in [-0.1, -0.05) is 6.92 Å². The Labute approximate surface area is 95.3 Å². The van der Waals surface area contributed by atoms with E-state index < -0.39 is 0 Å². The van der Waals surface area contributed by atoms with E-state index in [9.17, 15) is 0 Å². The number of hydrogen-bond acceptors (Lipinski definition) is 5. The summed E-state index contributed by atoms with van der Waals surface area (Å²) < 4.78 is 0. The molecule has 0 aliphatic rings. The molecular formula is C10H18N4S. The van der Waals surface area contributed by atoms with Crippen molar-refractivity contribution in [2.45, 2.75) is 19.4 Å². The Kier molecular flexibility index (Phi) is 4.68. The molecule has 0 fully saturated rings. The lowest BCUT2D eigenvalue weighted by Crippen LogP contribution is -2.33. The Morgan fingerprint density at radius 1 is 1.47 bits per heavy atom. The molecule has 0 bridgehead atoms. The van der Waals surface area contributed by atoms with Crippen molar-refractivity contribution in [3.8, 4) is 0 Å². The maximum Gasteiger partial charge on any atom is 0.147 e. The molecule has 0 aliphatic carbocycles. The van der Waals surface area contributed by atoms with E-state index in [0.29, 0.717) is 11.9 Å². The van der Waals surface area contributed by atoms with E-state index in [1.54, 1.807) is 12.4 Å². The Hall–Kier alpha value is -0.970. The van der Waals surface area contributed by atoms with Gasteiger partial charge in [-0.05, 0) is 12.7 Å². The van der Waals surface area contributed by atoms with Crippen molar-refractivity contribution in [2.24, 2.45) is 0 Å². The van der Waals surface area contributed by atoms with Crippen LogP contribution in [0.5, 0.6) is 0 Å². The van der Waals surface area contributed by atoms with Crippen LogP contribution in [-0.4, -0.2) is 35.1 Å². The normalized spacial score (nSPS) is 12.5. The molecule has 1 rings (SSSR count). The smallest absolute Gasteiger partial charge is 0.147 e. The minimum absolute atomic E-state index is 0.463. The van der Waals surface area contributed by atoms with Crippen LogP contribution in [0.15, 0.2) is 12.4 Å². The standard InChI is InChI=1S/C10H18N4S/c1-4-8(7-15-3)14(2)10-6-12-9(11)5-13-10/h5-6,8H,4,7H2,1-3H3,(H2,11,12). The van der Waals surface area contributed by atoms with Gasteiger partial charge in [0.1, 0.15) is 11.6 Å². The molecule has 84 valence electrons. The first kappa shape index (κ1) is 12.1. The molecule has 0 spiro atoms. The number of anilines is 2. The van der Waals surface area contributed by atoms with Gasteiger partial charge in [0.05, 0.1) is 12.4 Å². The number of hydrogen-bond donors (Lipinski definition) is 1. The highest BCUT2D eigenvalue weighted by Crippen LogP contribution is 2.15. The quantitative estimate of drug-likeness (QED) is 0.827. The van der Waals surface area contributed by atoms with E-state index in [-0.39, 0.29) is 0 Å². The molecule has 0 aliphatic heterocycles. The number of nitrogen functional groups attached to an aromatic ring is 1. The summed E-state index contributed by atoms with van der Waals surface area (Å²) in [5.74, 6) is 2.44. The SMILES string of the molecule is CCC(CSC)N(C)c1cnc(N)cn1. The van der Waals surface area contributed by atoms with Crippen molar-refractivity contribution in [1.82, 2.24) is 9.97 Å². The van der Waals surface area contributed by atoms with E-state index in [1.165, 1.54) is 0 Å². The maximum atomic E-state index is 5.50. The first-order chi connectivity index (χ1) is 7.19. The predicted octanol–water partition coefficient (Wildman–Crippen LogP) is 1.64. The fourth-order valence-corrected chi connectivity index (χ4v) is 2.24. The highest BCUT2D eigenvalue weighted by Gasteiger charge is 2.13. The van der Waals surface area contributed by atoms with E-state index in [2.05, 4.69) is 28.0 Å². The molecule has 0 saturated carbocycles. The molecule has 15 heavy (non-hydrogen) atoms. The number of thioether (sulfide) groups is 1. The highest BCUT2D eigenvalue weighted by atomic mass is 32.2. The zero-order valence-electron chi connectivity index (χ0n) is 9.47. The summed E-state index contributed by atoms with van der Waals surface area (Å²) in [7, 11) is 2.05. The molecular weight excluding hydrogens is 208 g/mol. The van der Waals surface area contributed by atoms with Gasteiger partial charge in [0, 0.05) is 18.8 Å². The molecule has 0 aromatic carbocycles. The van der Waals surface area contributed by atoms with Crippen LogP contribution in [0.2, 0.25) is 0 Å². The summed E-state index contributed by atoms with van der Waals surface area (Å²) in [5.41, 5.74) is 5.50. The van der Waals surface area contributed by atoms with Crippen LogP contribution in [0, 0.1) is 0 Å². The van der Waals surface area contributed by atoms with E-state index in [0.717, 1.165) is 18.0 Å². The number of nitrogens with zero attached hydrogens (tertiary/aromatic N) is 3. The van der Waals surface area contributed by atoms with Crippen molar-refractivity contribution in [3.05, 3.63) is 12.4 Å². The first-order valence-corrected chi connectivity index (χ1v) is 6.37. The molecule has 2 N–H and O–H groups in total. The van der Waals surface area contributed by atoms with Crippen LogP contribution in [0.4, 0.5) is 11.6 Å². The minimum Gasteiger partial charge on any atom is -0.382 e. The fraction of sp³-hybridized carbons (Fsp3) is 0.600. The number of nitrogens with two attached hydrogens (primary N) is 1. The third kappa shape index (κ3) is 3.27. The molecule has 0 saturated heterocycles. The van der Waals surface area contributed by atoms with Gasteiger partial charge in [0.25, 0.3) is 0 Å². The first-order valence-electron chi connectivity index (χ1n) is 4.98. The Morgan fingerprint density at radius 3 is 2.67 bits per heavy atom. The van der Waals surface area contributed by atoms with Gasteiger partial charge < -0.3 is 10.6 Å². The number of rotatable bonds is 5. The van der Waals surface area contributed by atoms with Crippen LogP contribution in [0.25, 0.3) is 0 Å². The monoisotopic (exact) mass is 226 g/mol. The topological polar surface area (TPSA) is 55.0 Å². The van der Waals surface area contributed by atoms with Crippen LogP contribution in [0.1, 0.15) is 13.3 Å². The van der Waals surface area contributed by atoms with Crippen molar-refractivity contribution in [1.29, 1.82) is 0 Å². The zero-order valence-corrected chi connectivity index (χ0v) is 10.3. The van der Waals surface area contributed by atoms with Crippen molar-refractivity contribution in [2.75, 3.05) is 29.7 Å².